The molecule has 0 radical (unpaired) electrons. The highest BCUT2D eigenvalue weighted by Gasteiger charge is 2.21. The van der Waals surface area contributed by atoms with E-state index in [2.05, 4.69) is 25.7 Å². The van der Waals surface area contributed by atoms with Gasteiger partial charge in [-0.25, -0.2) is 4.79 Å². The average Bonchev–Trinajstić information content (AvgIpc) is 3.19. The molecule has 1 amide bonds. The number of hydrogen-bond acceptors (Lipinski definition) is 11. The van der Waals surface area contributed by atoms with Gasteiger partial charge in [-0.3, -0.25) is 14.2 Å². The van der Waals surface area contributed by atoms with Crippen molar-refractivity contribution in [2.45, 2.75) is 174 Å². The number of carbonyl (C=O) groups is 2. The van der Waals surface area contributed by atoms with Crippen molar-refractivity contribution >= 4 is 42.3 Å². The zero-order valence-corrected chi connectivity index (χ0v) is 36.8. The lowest BCUT2D eigenvalue weighted by Crippen LogP contribution is -2.32. The van der Waals surface area contributed by atoms with Crippen LogP contribution in [0.1, 0.15) is 178 Å². The number of nitrogens with one attached hydrogen (secondary N) is 1. The molecule has 0 fully saturated rings. The molecule has 1 heterocycles. The number of ether oxygens (including phenoxy) is 2. The lowest BCUT2D eigenvalue weighted by molar-refractivity contribution is -0.268. The lowest BCUT2D eigenvalue weighted by Gasteiger charge is -2.26. The first-order valence-corrected chi connectivity index (χ1v) is 23.6. The molecule has 0 aliphatic rings. The normalized spacial score (nSPS) is 13.0. The number of phosphoric acid groups is 1. The number of esters is 1. The Hall–Kier alpha value is -2.89. The number of amides is 1. The summed E-state index contributed by atoms with van der Waals surface area (Å²) in [5.41, 5.74) is -1.38. The molecule has 1 aromatic heterocycles. The minimum atomic E-state index is -4.91. The SMILES string of the molecule is C=C(CCCCCCCCCCCCC)OCC(COP(=O)([O-])OCCNC(=O)c1cc2cc(Cl)c([O-])cc2oc1=O)OC(=O)CCCCCCCCCCCCC. The quantitative estimate of drug-likeness (QED) is 0.0227. The van der Waals surface area contributed by atoms with Crippen molar-refractivity contribution in [3.8, 4) is 5.75 Å². The number of benzene rings is 1. The number of allylic oxidation sites excluding steroid dienone is 1. The van der Waals surface area contributed by atoms with E-state index in [0.717, 1.165) is 44.6 Å². The third-order valence-electron chi connectivity index (χ3n) is 9.90. The molecule has 1 N–H and O–H groups in total. The van der Waals surface area contributed by atoms with Crippen LogP contribution in [0.5, 0.6) is 5.75 Å². The first kappa shape index (κ1) is 51.3. The molecule has 12 nitrogen and oxygen atoms in total. The van der Waals surface area contributed by atoms with Gasteiger partial charge in [-0.05, 0) is 31.0 Å². The summed E-state index contributed by atoms with van der Waals surface area (Å²) < 4.78 is 39.0. The van der Waals surface area contributed by atoms with Gasteiger partial charge in [0.15, 0.2) is 6.10 Å². The molecular formula is C44H69ClNO11P-2. The first-order chi connectivity index (χ1) is 28.0. The average molecular weight is 854 g/mol. The molecule has 0 saturated heterocycles. The van der Waals surface area contributed by atoms with E-state index in [-0.39, 0.29) is 41.1 Å². The number of rotatable bonds is 36. The fourth-order valence-corrected chi connectivity index (χ4v) is 7.38. The Morgan fingerprint density at radius 1 is 0.776 bits per heavy atom. The Kier molecular flexibility index (Phi) is 27.4. The van der Waals surface area contributed by atoms with E-state index in [1.165, 1.54) is 108 Å². The maximum atomic E-state index is 12.8. The molecule has 1 aromatic carbocycles. The van der Waals surface area contributed by atoms with Gasteiger partial charge in [0.05, 0.1) is 19.0 Å². The highest BCUT2D eigenvalue weighted by Crippen LogP contribution is 2.38. The smallest absolute Gasteiger partial charge is 0.349 e. The van der Waals surface area contributed by atoms with Gasteiger partial charge in [-0.15, -0.1) is 0 Å². The van der Waals surface area contributed by atoms with Gasteiger partial charge >= 0.3 is 11.6 Å². The molecule has 2 unspecified atom stereocenters. The van der Waals surface area contributed by atoms with Crippen LogP contribution >= 0.6 is 19.4 Å². The summed E-state index contributed by atoms with van der Waals surface area (Å²) in [6.07, 6.45) is 25.8. The van der Waals surface area contributed by atoms with E-state index in [1.807, 2.05) is 0 Å². The molecule has 2 rings (SSSR count). The van der Waals surface area contributed by atoms with E-state index >= 15 is 0 Å². The summed E-state index contributed by atoms with van der Waals surface area (Å²) in [6.45, 7) is 6.97. The number of carbonyl (C=O) groups excluding carboxylic acids is 2. The van der Waals surface area contributed by atoms with E-state index in [4.69, 9.17) is 34.5 Å². The summed E-state index contributed by atoms with van der Waals surface area (Å²) in [7, 11) is -4.91. The summed E-state index contributed by atoms with van der Waals surface area (Å²) in [5, 5.41) is 14.3. The molecule has 58 heavy (non-hydrogen) atoms. The largest absolute Gasteiger partial charge is 0.871 e. The van der Waals surface area contributed by atoms with E-state index in [9.17, 15) is 28.9 Å². The predicted octanol–water partition coefficient (Wildman–Crippen LogP) is 10.6. The van der Waals surface area contributed by atoms with Crippen LogP contribution in [-0.4, -0.2) is 44.3 Å². The Labute approximate surface area is 351 Å². The predicted molar refractivity (Wildman–Crippen MR) is 226 cm³/mol. The minimum absolute atomic E-state index is 0.0270. The Morgan fingerprint density at radius 2 is 1.29 bits per heavy atom. The molecule has 0 bridgehead atoms. The molecule has 0 spiro atoms. The molecule has 0 aliphatic heterocycles. The van der Waals surface area contributed by atoms with Gasteiger partial charge < -0.3 is 38.3 Å². The van der Waals surface area contributed by atoms with Crippen molar-refractivity contribution < 1.29 is 47.1 Å². The Balaban J connectivity index is 1.78. The molecular weight excluding hydrogens is 785 g/mol. The van der Waals surface area contributed by atoms with Gasteiger partial charge in [0, 0.05) is 29.8 Å². The van der Waals surface area contributed by atoms with Crippen LogP contribution in [0.4, 0.5) is 0 Å². The van der Waals surface area contributed by atoms with E-state index < -0.39 is 50.4 Å². The zero-order chi connectivity index (χ0) is 42.4. The summed E-state index contributed by atoms with van der Waals surface area (Å²) in [5.74, 6) is -1.33. The second-order valence-corrected chi connectivity index (χ2v) is 17.0. The minimum Gasteiger partial charge on any atom is -0.871 e. The number of fused-ring (bicyclic) bond motifs is 1. The first-order valence-electron chi connectivity index (χ1n) is 21.8. The van der Waals surface area contributed by atoms with E-state index in [1.54, 1.807) is 0 Å². The van der Waals surface area contributed by atoms with Crippen LogP contribution < -0.4 is 20.9 Å². The zero-order valence-electron chi connectivity index (χ0n) is 35.1. The van der Waals surface area contributed by atoms with Crippen molar-refractivity contribution in [2.75, 3.05) is 26.4 Å². The maximum absolute atomic E-state index is 12.8. The lowest BCUT2D eigenvalue weighted by atomic mass is 10.1. The third-order valence-corrected chi connectivity index (χ3v) is 11.2. The summed E-state index contributed by atoms with van der Waals surface area (Å²) in [4.78, 5) is 50.3. The van der Waals surface area contributed by atoms with Crippen molar-refractivity contribution in [1.82, 2.24) is 5.32 Å². The van der Waals surface area contributed by atoms with Crippen LogP contribution in [0.25, 0.3) is 11.0 Å². The van der Waals surface area contributed by atoms with E-state index in [0.29, 0.717) is 18.6 Å². The number of halogens is 1. The fourth-order valence-electron chi connectivity index (χ4n) is 6.47. The molecule has 2 atom stereocenters. The highest BCUT2D eigenvalue weighted by atomic mass is 35.5. The standard InChI is InChI=1S/C44H71ClNO11P/c1-4-6-8-10-12-14-16-18-20-22-24-26-35(3)53-33-37(56-42(48)27-25-23-21-19-17-15-13-11-9-7-5-2)34-55-58(51,52)54-29-28-46-43(49)38-30-36-31-39(45)40(47)32-41(36)57-44(38)50/h30-32,37,47H,3-29,33-34H2,1-2H3,(H,46,49)(H,51,52)/p-2. The molecule has 0 aliphatic carbocycles. The second kappa shape index (κ2) is 31.1. The summed E-state index contributed by atoms with van der Waals surface area (Å²) in [6, 6.07) is 3.54. The van der Waals surface area contributed by atoms with Crippen LogP contribution in [0.3, 0.4) is 0 Å². The third kappa shape index (κ3) is 23.6. The topological polar surface area (TPSA) is 176 Å². The van der Waals surface area contributed by atoms with Gasteiger partial charge in [0.1, 0.15) is 17.8 Å². The number of unbranched alkanes of at least 4 members (excludes halogenated alkanes) is 20. The van der Waals surface area contributed by atoms with Crippen molar-refractivity contribution in [1.29, 1.82) is 0 Å². The Bertz CT molecular complexity index is 1580. The van der Waals surface area contributed by atoms with Crippen molar-refractivity contribution in [3.63, 3.8) is 0 Å². The van der Waals surface area contributed by atoms with Crippen molar-refractivity contribution in [2.24, 2.45) is 0 Å². The summed E-state index contributed by atoms with van der Waals surface area (Å²) >= 11 is 5.86. The highest BCUT2D eigenvalue weighted by molar-refractivity contribution is 7.45. The van der Waals surface area contributed by atoms with Crippen LogP contribution in [0.2, 0.25) is 5.02 Å². The molecule has 0 saturated carbocycles. The fraction of sp³-hybridized carbons (Fsp3) is 0.705. The van der Waals surface area contributed by atoms with Crippen LogP contribution in [-0.2, 0) is 27.9 Å². The number of hydrogen-bond donors (Lipinski definition) is 1. The van der Waals surface area contributed by atoms with Gasteiger partial charge in [0.25, 0.3) is 13.7 Å². The van der Waals surface area contributed by atoms with Crippen LogP contribution in [0, 0.1) is 0 Å². The second-order valence-electron chi connectivity index (χ2n) is 15.1. The monoisotopic (exact) mass is 853 g/mol. The molecule has 2 aromatic rings. The molecule has 330 valence electrons. The van der Waals surface area contributed by atoms with Gasteiger partial charge in [0.2, 0.25) is 0 Å². The van der Waals surface area contributed by atoms with Gasteiger partial charge in [-0.1, -0.05) is 166 Å². The number of phosphoric ester groups is 1. The Morgan fingerprint density at radius 3 is 1.84 bits per heavy atom. The maximum Gasteiger partial charge on any atom is 0.349 e. The van der Waals surface area contributed by atoms with Crippen molar-refractivity contribution in [3.05, 3.63) is 51.5 Å². The van der Waals surface area contributed by atoms with Crippen LogP contribution in [0.15, 0.2) is 39.7 Å². The molecule has 14 heteroatoms. The van der Waals surface area contributed by atoms with Gasteiger partial charge in [-0.2, -0.15) is 0 Å².